The van der Waals surface area contributed by atoms with Gasteiger partial charge in [-0.05, 0) is 61.7 Å². The first-order chi connectivity index (χ1) is 21.2. The van der Waals surface area contributed by atoms with Gasteiger partial charge in [0, 0.05) is 39.0 Å². The Labute approximate surface area is 262 Å². The maximum absolute atomic E-state index is 14.2. The van der Waals surface area contributed by atoms with Gasteiger partial charge in [-0.25, -0.2) is 29.8 Å². The van der Waals surface area contributed by atoms with Crippen molar-refractivity contribution in [3.63, 3.8) is 0 Å². The lowest BCUT2D eigenvalue weighted by Crippen LogP contribution is -2.56. The number of carbonyl (C=O) groups is 2. The lowest BCUT2D eigenvalue weighted by Gasteiger charge is -2.43. The number of carbonyl (C=O) groups excluding carboxylic acids is 2. The second kappa shape index (κ2) is 13.7. The van der Waals surface area contributed by atoms with Gasteiger partial charge in [-0.1, -0.05) is 60.1 Å². The average Bonchev–Trinajstić information content (AvgIpc) is 3.05. The fourth-order valence-electron chi connectivity index (χ4n) is 6.30. The third-order valence-electron chi connectivity index (χ3n) is 8.90. The fraction of sp³-hybridized carbons (Fsp3) is 0.382. The third kappa shape index (κ3) is 6.57. The predicted octanol–water partition coefficient (Wildman–Crippen LogP) is 7.56. The number of rotatable bonds is 8. The number of hydrogen-bond donors (Lipinski definition) is 1. The van der Waals surface area contributed by atoms with Crippen LogP contribution >= 0.6 is 11.6 Å². The molecule has 0 bridgehead atoms. The molecule has 7 nitrogen and oxygen atoms in total. The summed E-state index contributed by atoms with van der Waals surface area (Å²) in [5.41, 5.74) is 1.55. The first-order valence-corrected chi connectivity index (χ1v) is 15.4. The second-order valence-electron chi connectivity index (χ2n) is 11.5. The van der Waals surface area contributed by atoms with Gasteiger partial charge in [-0.3, -0.25) is 0 Å². The van der Waals surface area contributed by atoms with Crippen LogP contribution < -0.4 is 5.32 Å². The van der Waals surface area contributed by atoms with Crippen molar-refractivity contribution < 1.29 is 18.4 Å². The molecule has 44 heavy (non-hydrogen) atoms. The van der Waals surface area contributed by atoms with E-state index >= 15 is 0 Å². The molecule has 0 radical (unpaired) electrons. The number of likely N-dealkylation sites (tertiary alicyclic amines) is 1. The van der Waals surface area contributed by atoms with Crippen molar-refractivity contribution in [3.8, 4) is 0 Å². The monoisotopic (exact) mass is 619 g/mol. The number of hydrogen-bond acceptors (Lipinski definition) is 3. The normalized spacial score (nSPS) is 19.3. The zero-order valence-corrected chi connectivity index (χ0v) is 25.4. The van der Waals surface area contributed by atoms with Gasteiger partial charge in [0.1, 0.15) is 0 Å². The van der Waals surface area contributed by atoms with Gasteiger partial charge in [0.05, 0.1) is 22.7 Å². The molecule has 230 valence electrons. The van der Waals surface area contributed by atoms with E-state index in [1.54, 1.807) is 4.90 Å². The zero-order valence-electron chi connectivity index (χ0n) is 24.7. The summed E-state index contributed by atoms with van der Waals surface area (Å²) >= 11 is 6.43. The van der Waals surface area contributed by atoms with Gasteiger partial charge in [0.15, 0.2) is 11.6 Å². The summed E-state index contributed by atoms with van der Waals surface area (Å²) in [6.07, 6.45) is 2.36. The van der Waals surface area contributed by atoms with E-state index in [0.717, 1.165) is 41.2 Å². The largest absolute Gasteiger partial charge is 0.338 e. The minimum Gasteiger partial charge on any atom is -0.338 e. The molecular weight excluding hydrogens is 584 g/mol. The van der Waals surface area contributed by atoms with Crippen LogP contribution in [-0.4, -0.2) is 59.5 Å². The number of piperidine rings is 1. The Balaban J connectivity index is 1.22. The quantitative estimate of drug-likeness (QED) is 0.209. The van der Waals surface area contributed by atoms with Crippen molar-refractivity contribution in [1.29, 1.82) is 0 Å². The van der Waals surface area contributed by atoms with Crippen molar-refractivity contribution in [2.45, 2.75) is 50.2 Å². The molecule has 1 N–H and O–H groups in total. The maximum atomic E-state index is 14.2. The van der Waals surface area contributed by atoms with Gasteiger partial charge < -0.3 is 20.0 Å². The van der Waals surface area contributed by atoms with Crippen LogP contribution in [0, 0.1) is 18.2 Å². The lowest BCUT2D eigenvalue weighted by molar-refractivity contribution is 0.0944. The summed E-state index contributed by atoms with van der Waals surface area (Å²) in [5, 5.41) is 3.50. The summed E-state index contributed by atoms with van der Waals surface area (Å²) in [6.45, 7) is 12.7. The molecule has 0 spiro atoms. The van der Waals surface area contributed by atoms with Crippen LogP contribution in [0.4, 0.5) is 18.4 Å². The highest BCUT2D eigenvalue weighted by Crippen LogP contribution is 2.40. The number of imide groups is 1. The Morgan fingerprint density at radius 3 is 2.43 bits per heavy atom. The first kappa shape index (κ1) is 31.4. The molecule has 5 rings (SSSR count). The Bertz CT molecular complexity index is 1520. The second-order valence-corrected chi connectivity index (χ2v) is 11.9. The molecule has 2 aliphatic heterocycles. The zero-order chi connectivity index (χ0) is 31.3. The molecule has 2 fully saturated rings. The number of amides is 4. The smallest absolute Gasteiger partial charge is 0.329 e. The summed E-state index contributed by atoms with van der Waals surface area (Å²) in [7, 11) is 0. The predicted molar refractivity (Wildman–Crippen MR) is 166 cm³/mol. The number of benzene rings is 3. The Morgan fingerprint density at radius 1 is 1.05 bits per heavy atom. The minimum atomic E-state index is -1.02. The molecule has 2 atom stereocenters. The topological polar surface area (TPSA) is 60.3 Å². The molecule has 3 aromatic rings. The molecule has 0 aromatic heterocycles. The highest BCUT2D eigenvalue weighted by molar-refractivity contribution is 6.31. The fourth-order valence-corrected chi connectivity index (χ4v) is 6.61. The molecule has 2 aliphatic rings. The van der Waals surface area contributed by atoms with E-state index in [0.29, 0.717) is 55.9 Å². The summed E-state index contributed by atoms with van der Waals surface area (Å²) < 4.78 is 27.9. The first-order valence-electron chi connectivity index (χ1n) is 15.0. The van der Waals surface area contributed by atoms with E-state index in [1.807, 2.05) is 61.5 Å². The molecule has 2 heterocycles. The lowest BCUT2D eigenvalue weighted by atomic mass is 9.81. The molecule has 4 amide bonds. The molecule has 0 saturated carbocycles. The summed E-state index contributed by atoms with van der Waals surface area (Å²) in [4.78, 5) is 36.4. The molecule has 10 heteroatoms. The van der Waals surface area contributed by atoms with Crippen molar-refractivity contribution in [2.75, 3.05) is 32.7 Å². The minimum absolute atomic E-state index is 0.280. The number of halogens is 3. The molecule has 3 aromatic carbocycles. The van der Waals surface area contributed by atoms with Crippen LogP contribution in [0.2, 0.25) is 5.02 Å². The number of nitrogens with zero attached hydrogens (tertiary/aromatic N) is 4. The van der Waals surface area contributed by atoms with Gasteiger partial charge in [-0.2, -0.15) is 0 Å². The van der Waals surface area contributed by atoms with Crippen molar-refractivity contribution in [3.05, 3.63) is 118 Å². The van der Waals surface area contributed by atoms with Crippen LogP contribution in [-0.2, 0) is 5.54 Å². The Hall–Kier alpha value is -4.00. The van der Waals surface area contributed by atoms with Crippen molar-refractivity contribution in [1.82, 2.24) is 20.0 Å². The van der Waals surface area contributed by atoms with Crippen molar-refractivity contribution >= 4 is 23.7 Å². The Kier molecular flexibility index (Phi) is 9.82. The van der Waals surface area contributed by atoms with Gasteiger partial charge in [0.2, 0.25) is 0 Å². The molecule has 0 aliphatic carbocycles. The van der Waals surface area contributed by atoms with Crippen LogP contribution in [0.1, 0.15) is 61.4 Å². The molecular formula is C34H36ClF2N5O2. The van der Waals surface area contributed by atoms with Gasteiger partial charge in [-0.15, -0.1) is 0 Å². The number of nitrogens with one attached hydrogen (secondary N) is 1. The van der Waals surface area contributed by atoms with E-state index < -0.39 is 35.3 Å². The maximum Gasteiger partial charge on any atom is 0.329 e. The van der Waals surface area contributed by atoms with E-state index in [4.69, 9.17) is 18.2 Å². The third-order valence-corrected chi connectivity index (χ3v) is 9.23. The van der Waals surface area contributed by atoms with E-state index in [2.05, 4.69) is 15.1 Å². The van der Waals surface area contributed by atoms with Gasteiger partial charge >= 0.3 is 12.1 Å². The van der Waals surface area contributed by atoms with E-state index in [1.165, 1.54) is 6.07 Å². The van der Waals surface area contributed by atoms with E-state index in [-0.39, 0.29) is 6.04 Å². The highest BCUT2D eigenvalue weighted by Gasteiger charge is 2.44. The van der Waals surface area contributed by atoms with Gasteiger partial charge in [0.25, 0.3) is 5.54 Å². The standard InChI is InChI=1S/C34H36ClF2N5O2/c1-24(25-9-4-3-5-10-25)41-20-15-31(26-13-14-29(36)30(37)23-26)42(33(41)44)32(43)39-18-8-19-40-21-16-34(38-2,17-22-40)27-11-6-7-12-28(27)35/h3-7,9-14,23-24,31H,8,15-22H2,1H3,(H,39,43). The van der Waals surface area contributed by atoms with Crippen LogP contribution in [0.25, 0.3) is 4.85 Å². The molecule has 2 saturated heterocycles. The summed E-state index contributed by atoms with van der Waals surface area (Å²) in [6, 6.07) is 18.5. The average molecular weight is 620 g/mol. The Morgan fingerprint density at radius 2 is 1.75 bits per heavy atom. The summed E-state index contributed by atoms with van der Waals surface area (Å²) in [5.74, 6) is -2.00. The van der Waals surface area contributed by atoms with Crippen LogP contribution in [0.15, 0.2) is 72.8 Å². The van der Waals surface area contributed by atoms with Crippen molar-refractivity contribution in [2.24, 2.45) is 0 Å². The van der Waals surface area contributed by atoms with Crippen LogP contribution in [0.5, 0.6) is 0 Å². The SMILES string of the molecule is [C-]#[N+]C1(c2ccccc2Cl)CCN(CCCNC(=O)N2C(=O)N(C(C)c3ccccc3)CCC2c2ccc(F)c(F)c2)CC1. The highest BCUT2D eigenvalue weighted by atomic mass is 35.5. The van der Waals surface area contributed by atoms with Crippen LogP contribution in [0.3, 0.4) is 0 Å². The molecule has 2 unspecified atom stereocenters. The number of urea groups is 2. The van der Waals surface area contributed by atoms with E-state index in [9.17, 15) is 18.4 Å².